The van der Waals surface area contributed by atoms with Gasteiger partial charge in [0.05, 0.1) is 21.9 Å². The Morgan fingerprint density at radius 3 is 2.53 bits per heavy atom. The van der Waals surface area contributed by atoms with Gasteiger partial charge in [-0.15, -0.1) is 0 Å². The molecule has 0 aliphatic rings. The van der Waals surface area contributed by atoms with Crippen LogP contribution >= 0.6 is 23.2 Å². The van der Waals surface area contributed by atoms with Crippen LogP contribution in [-0.4, -0.2) is 9.97 Å². The second-order valence-electron chi connectivity index (χ2n) is 3.15. The van der Waals surface area contributed by atoms with Gasteiger partial charge in [-0.05, 0) is 12.1 Å². The maximum atomic E-state index is 13.4. The number of hydrogen-bond donors (Lipinski definition) is 2. The fourth-order valence-corrected chi connectivity index (χ4v) is 1.70. The summed E-state index contributed by atoms with van der Waals surface area (Å²) in [5.74, 6) is -0.764. The Balaban J connectivity index is 2.41. The highest BCUT2D eigenvalue weighted by molar-refractivity contribution is 6.39. The van der Waals surface area contributed by atoms with Crippen LogP contribution in [0.4, 0.5) is 21.8 Å². The van der Waals surface area contributed by atoms with Gasteiger partial charge in [-0.25, -0.2) is 9.37 Å². The van der Waals surface area contributed by atoms with Gasteiger partial charge in [0.2, 0.25) is 5.95 Å². The number of anilines is 3. The van der Waals surface area contributed by atoms with Gasteiger partial charge in [-0.2, -0.15) is 4.98 Å². The number of halogens is 3. The molecule has 1 heterocycles. The monoisotopic (exact) mass is 272 g/mol. The molecule has 0 unspecified atom stereocenters. The highest BCUT2D eigenvalue weighted by atomic mass is 35.5. The number of para-hydroxylation sites is 1. The normalized spacial score (nSPS) is 10.3. The first-order chi connectivity index (χ1) is 8.08. The molecule has 0 radical (unpaired) electrons. The quantitative estimate of drug-likeness (QED) is 0.881. The van der Waals surface area contributed by atoms with E-state index in [1.165, 1.54) is 0 Å². The fourth-order valence-electron chi connectivity index (χ4n) is 1.20. The number of aromatic nitrogens is 2. The second-order valence-corrected chi connectivity index (χ2v) is 3.96. The van der Waals surface area contributed by atoms with Crippen LogP contribution in [0.5, 0.6) is 0 Å². The number of nitrogens with two attached hydrogens (primary N) is 1. The van der Waals surface area contributed by atoms with E-state index in [2.05, 4.69) is 15.3 Å². The van der Waals surface area contributed by atoms with Crippen molar-refractivity contribution in [1.29, 1.82) is 0 Å². The molecule has 0 aliphatic heterocycles. The van der Waals surface area contributed by atoms with Gasteiger partial charge in [-0.1, -0.05) is 29.3 Å². The Morgan fingerprint density at radius 2 is 1.88 bits per heavy atom. The van der Waals surface area contributed by atoms with Crippen molar-refractivity contribution in [3.05, 3.63) is 40.3 Å². The molecule has 2 aromatic rings. The molecule has 4 nitrogen and oxygen atoms in total. The number of nitrogen functional groups attached to an aromatic ring is 1. The van der Waals surface area contributed by atoms with Gasteiger partial charge in [0.25, 0.3) is 0 Å². The van der Waals surface area contributed by atoms with Crippen LogP contribution in [-0.2, 0) is 0 Å². The second kappa shape index (κ2) is 4.73. The molecule has 1 aromatic carbocycles. The van der Waals surface area contributed by atoms with Crippen molar-refractivity contribution in [1.82, 2.24) is 9.97 Å². The molecule has 0 aliphatic carbocycles. The third-order valence-electron chi connectivity index (χ3n) is 1.97. The molecule has 0 fully saturated rings. The lowest BCUT2D eigenvalue weighted by atomic mass is 10.3. The molecule has 0 bridgehead atoms. The maximum absolute atomic E-state index is 13.4. The molecule has 0 spiro atoms. The molecule has 1 aromatic heterocycles. The van der Waals surface area contributed by atoms with Crippen molar-refractivity contribution in [3.63, 3.8) is 0 Å². The van der Waals surface area contributed by atoms with Crippen LogP contribution in [0.2, 0.25) is 10.0 Å². The fraction of sp³-hybridized carbons (Fsp3) is 0. The largest absolute Gasteiger partial charge is 0.368 e. The summed E-state index contributed by atoms with van der Waals surface area (Å²) in [6, 6.07) is 4.93. The topological polar surface area (TPSA) is 63.8 Å². The van der Waals surface area contributed by atoms with Crippen LogP contribution in [0.3, 0.4) is 0 Å². The van der Waals surface area contributed by atoms with Crippen molar-refractivity contribution in [2.45, 2.75) is 0 Å². The third kappa shape index (κ3) is 2.57. The Morgan fingerprint density at radius 1 is 1.24 bits per heavy atom. The average molecular weight is 273 g/mol. The van der Waals surface area contributed by atoms with Crippen molar-refractivity contribution >= 4 is 40.7 Å². The molecule has 2 rings (SSSR count). The number of hydrogen-bond acceptors (Lipinski definition) is 4. The van der Waals surface area contributed by atoms with E-state index in [-0.39, 0.29) is 11.8 Å². The minimum Gasteiger partial charge on any atom is -0.368 e. The third-order valence-corrected chi connectivity index (χ3v) is 2.60. The maximum Gasteiger partial charge on any atom is 0.222 e. The Hall–Kier alpha value is -1.59. The summed E-state index contributed by atoms with van der Waals surface area (Å²) in [4.78, 5) is 7.23. The smallest absolute Gasteiger partial charge is 0.222 e. The standard InChI is InChI=1S/C10H7Cl2FN4/c11-5-2-1-3-6(12)8(5)16-9-7(13)4-15-10(14)17-9/h1-4H,(H3,14,15,16,17). The molecule has 88 valence electrons. The zero-order chi connectivity index (χ0) is 12.4. The molecular formula is C10H7Cl2FN4. The van der Waals surface area contributed by atoms with E-state index < -0.39 is 5.82 Å². The first kappa shape index (κ1) is 11.9. The van der Waals surface area contributed by atoms with Gasteiger partial charge >= 0.3 is 0 Å². The Bertz CT molecular complexity index is 542. The number of rotatable bonds is 2. The van der Waals surface area contributed by atoms with Crippen LogP contribution in [0.15, 0.2) is 24.4 Å². The van der Waals surface area contributed by atoms with Crippen molar-refractivity contribution in [2.24, 2.45) is 0 Å². The van der Waals surface area contributed by atoms with E-state index in [4.69, 9.17) is 28.9 Å². The van der Waals surface area contributed by atoms with E-state index in [1.807, 2.05) is 0 Å². The molecule has 0 amide bonds. The predicted molar refractivity (Wildman–Crippen MR) is 66.1 cm³/mol. The number of nitrogens with zero attached hydrogens (tertiary/aromatic N) is 2. The molecule has 0 saturated carbocycles. The number of benzene rings is 1. The molecule has 17 heavy (non-hydrogen) atoms. The van der Waals surface area contributed by atoms with E-state index in [1.54, 1.807) is 18.2 Å². The first-order valence-corrected chi connectivity index (χ1v) is 5.32. The molecule has 3 N–H and O–H groups in total. The van der Waals surface area contributed by atoms with Crippen molar-refractivity contribution in [3.8, 4) is 0 Å². The van der Waals surface area contributed by atoms with E-state index in [9.17, 15) is 4.39 Å². The van der Waals surface area contributed by atoms with Crippen molar-refractivity contribution < 1.29 is 4.39 Å². The van der Waals surface area contributed by atoms with E-state index in [0.717, 1.165) is 6.20 Å². The van der Waals surface area contributed by atoms with Gasteiger partial charge in [0.15, 0.2) is 11.6 Å². The van der Waals surface area contributed by atoms with Crippen LogP contribution < -0.4 is 11.1 Å². The molecule has 7 heteroatoms. The van der Waals surface area contributed by atoms with Gasteiger partial charge in [0.1, 0.15) is 0 Å². The minimum atomic E-state index is -0.643. The molecule has 0 atom stereocenters. The summed E-state index contributed by atoms with van der Waals surface area (Å²) < 4.78 is 13.4. The molecular weight excluding hydrogens is 266 g/mol. The summed E-state index contributed by atoms with van der Waals surface area (Å²) in [6.07, 6.45) is 0.968. The summed E-state index contributed by atoms with van der Waals surface area (Å²) in [7, 11) is 0. The predicted octanol–water partition coefficient (Wildman–Crippen LogP) is 3.25. The summed E-state index contributed by atoms with van der Waals surface area (Å²) in [5, 5.41) is 3.39. The van der Waals surface area contributed by atoms with Gasteiger partial charge < -0.3 is 11.1 Å². The Labute approximate surface area is 107 Å². The van der Waals surface area contributed by atoms with Gasteiger partial charge in [0, 0.05) is 0 Å². The first-order valence-electron chi connectivity index (χ1n) is 4.57. The SMILES string of the molecule is Nc1ncc(F)c(Nc2c(Cl)cccc2Cl)n1. The van der Waals surface area contributed by atoms with E-state index >= 15 is 0 Å². The lowest BCUT2D eigenvalue weighted by Gasteiger charge is -2.10. The highest BCUT2D eigenvalue weighted by Gasteiger charge is 2.10. The van der Waals surface area contributed by atoms with Crippen LogP contribution in [0.25, 0.3) is 0 Å². The van der Waals surface area contributed by atoms with Crippen LogP contribution in [0.1, 0.15) is 0 Å². The lowest BCUT2D eigenvalue weighted by molar-refractivity contribution is 0.620. The minimum absolute atomic E-state index is 0.0444. The molecule has 0 saturated heterocycles. The van der Waals surface area contributed by atoms with Gasteiger partial charge in [-0.3, -0.25) is 0 Å². The lowest BCUT2D eigenvalue weighted by Crippen LogP contribution is -2.03. The average Bonchev–Trinajstić information content (AvgIpc) is 2.28. The summed E-state index contributed by atoms with van der Waals surface area (Å²) >= 11 is 11.9. The summed E-state index contributed by atoms with van der Waals surface area (Å²) in [6.45, 7) is 0. The zero-order valence-electron chi connectivity index (χ0n) is 8.42. The number of nitrogens with one attached hydrogen (secondary N) is 1. The van der Waals surface area contributed by atoms with Crippen LogP contribution in [0, 0.1) is 5.82 Å². The summed E-state index contributed by atoms with van der Waals surface area (Å²) in [5.41, 5.74) is 5.73. The van der Waals surface area contributed by atoms with Crippen molar-refractivity contribution in [2.75, 3.05) is 11.1 Å². The zero-order valence-corrected chi connectivity index (χ0v) is 9.93. The Kier molecular flexibility index (Phi) is 3.31. The van der Waals surface area contributed by atoms with E-state index in [0.29, 0.717) is 15.7 Å². The highest BCUT2D eigenvalue weighted by Crippen LogP contribution is 2.32.